The molecule has 0 aliphatic carbocycles. The fourth-order valence-electron chi connectivity index (χ4n) is 0.680. The SMILES string of the molecule is CCO/N=C(\CSC)CSC(C)C. The topological polar surface area (TPSA) is 21.6 Å². The molecule has 0 aromatic carbocycles. The van der Waals surface area contributed by atoms with Crippen molar-refractivity contribution in [3.05, 3.63) is 0 Å². The van der Waals surface area contributed by atoms with Crippen LogP contribution < -0.4 is 0 Å². The molecule has 0 aromatic rings. The highest BCUT2D eigenvalue weighted by molar-refractivity contribution is 8.01. The maximum Gasteiger partial charge on any atom is 0.114 e. The van der Waals surface area contributed by atoms with E-state index in [1.54, 1.807) is 11.8 Å². The summed E-state index contributed by atoms with van der Waals surface area (Å²) in [7, 11) is 0. The lowest BCUT2D eigenvalue weighted by Gasteiger charge is -2.06. The average molecular weight is 221 g/mol. The molecule has 0 aliphatic rings. The van der Waals surface area contributed by atoms with Gasteiger partial charge in [-0.25, -0.2) is 0 Å². The first-order valence-corrected chi connectivity index (χ1v) is 6.93. The van der Waals surface area contributed by atoms with Crippen LogP contribution in [0.5, 0.6) is 0 Å². The molecule has 0 N–H and O–H groups in total. The molecule has 2 nitrogen and oxygen atoms in total. The van der Waals surface area contributed by atoms with Gasteiger partial charge >= 0.3 is 0 Å². The largest absolute Gasteiger partial charge is 0.396 e. The first-order valence-electron chi connectivity index (χ1n) is 4.49. The molecule has 78 valence electrons. The van der Waals surface area contributed by atoms with E-state index in [1.807, 2.05) is 18.7 Å². The van der Waals surface area contributed by atoms with Crippen LogP contribution in [0.25, 0.3) is 0 Å². The van der Waals surface area contributed by atoms with Gasteiger partial charge in [-0.3, -0.25) is 0 Å². The number of hydrogen-bond donors (Lipinski definition) is 0. The molecule has 0 amide bonds. The predicted octanol–water partition coefficient (Wildman–Crippen LogP) is 2.88. The fourth-order valence-corrected chi connectivity index (χ4v) is 1.98. The van der Waals surface area contributed by atoms with Gasteiger partial charge in [0.1, 0.15) is 6.61 Å². The van der Waals surface area contributed by atoms with E-state index in [2.05, 4.69) is 25.3 Å². The van der Waals surface area contributed by atoms with Gasteiger partial charge in [-0.05, 0) is 18.4 Å². The predicted molar refractivity (Wildman–Crippen MR) is 65.0 cm³/mol. The highest BCUT2D eigenvalue weighted by atomic mass is 32.2. The van der Waals surface area contributed by atoms with Crippen molar-refractivity contribution in [3.63, 3.8) is 0 Å². The first-order chi connectivity index (χ1) is 6.20. The minimum Gasteiger partial charge on any atom is -0.396 e. The van der Waals surface area contributed by atoms with Gasteiger partial charge in [-0.15, -0.1) is 0 Å². The van der Waals surface area contributed by atoms with Crippen molar-refractivity contribution in [1.82, 2.24) is 0 Å². The van der Waals surface area contributed by atoms with Crippen molar-refractivity contribution in [3.8, 4) is 0 Å². The Morgan fingerprint density at radius 2 is 2.08 bits per heavy atom. The molecule has 4 heteroatoms. The Balaban J connectivity index is 3.79. The van der Waals surface area contributed by atoms with E-state index in [0.29, 0.717) is 11.9 Å². The number of thioether (sulfide) groups is 2. The third kappa shape index (κ3) is 8.50. The zero-order chi connectivity index (χ0) is 10.1. The van der Waals surface area contributed by atoms with Gasteiger partial charge in [-0.2, -0.15) is 23.5 Å². The maximum absolute atomic E-state index is 5.04. The van der Waals surface area contributed by atoms with E-state index >= 15 is 0 Å². The molecule has 0 atom stereocenters. The molecule has 0 saturated heterocycles. The summed E-state index contributed by atoms with van der Waals surface area (Å²) in [6.45, 7) is 7.00. The lowest BCUT2D eigenvalue weighted by Crippen LogP contribution is -2.08. The Morgan fingerprint density at radius 3 is 2.54 bits per heavy atom. The molecular weight excluding hydrogens is 202 g/mol. The van der Waals surface area contributed by atoms with Crippen molar-refractivity contribution in [1.29, 1.82) is 0 Å². The maximum atomic E-state index is 5.04. The summed E-state index contributed by atoms with van der Waals surface area (Å²) in [5.74, 6) is 1.96. The molecular formula is C9H19NOS2. The zero-order valence-electron chi connectivity index (χ0n) is 8.87. The number of hydrogen-bond acceptors (Lipinski definition) is 4. The molecule has 0 saturated carbocycles. The van der Waals surface area contributed by atoms with Crippen LogP contribution in [-0.2, 0) is 4.84 Å². The Hall–Kier alpha value is 0.170. The summed E-state index contributed by atoms with van der Waals surface area (Å²) in [6, 6.07) is 0. The molecule has 0 spiro atoms. The molecule has 0 rings (SSSR count). The average Bonchev–Trinajstić information content (AvgIpc) is 2.09. The van der Waals surface area contributed by atoms with Gasteiger partial charge < -0.3 is 4.84 Å². The minimum absolute atomic E-state index is 0.657. The minimum atomic E-state index is 0.657. The summed E-state index contributed by atoms with van der Waals surface area (Å²) in [4.78, 5) is 5.04. The summed E-state index contributed by atoms with van der Waals surface area (Å²) in [6.07, 6.45) is 2.08. The highest BCUT2D eigenvalue weighted by Gasteiger charge is 2.02. The lowest BCUT2D eigenvalue weighted by molar-refractivity contribution is 0.158. The van der Waals surface area contributed by atoms with Gasteiger partial charge in [0.15, 0.2) is 0 Å². The quantitative estimate of drug-likeness (QED) is 0.487. The number of rotatable bonds is 7. The lowest BCUT2D eigenvalue weighted by atomic mass is 10.5. The van der Waals surface area contributed by atoms with E-state index in [4.69, 9.17) is 4.84 Å². The molecule has 0 aromatic heterocycles. The molecule has 0 bridgehead atoms. The number of oxime groups is 1. The smallest absolute Gasteiger partial charge is 0.114 e. The van der Waals surface area contributed by atoms with Crippen LogP contribution in [0.4, 0.5) is 0 Å². The molecule has 0 aliphatic heterocycles. The molecule has 0 unspecified atom stereocenters. The van der Waals surface area contributed by atoms with Gasteiger partial charge in [0, 0.05) is 11.5 Å². The van der Waals surface area contributed by atoms with E-state index in [-0.39, 0.29) is 0 Å². The Bertz CT molecular complexity index is 149. The fraction of sp³-hybridized carbons (Fsp3) is 0.889. The molecule has 0 radical (unpaired) electrons. The van der Waals surface area contributed by atoms with Crippen LogP contribution in [0, 0.1) is 0 Å². The van der Waals surface area contributed by atoms with Crippen LogP contribution >= 0.6 is 23.5 Å². The van der Waals surface area contributed by atoms with Crippen LogP contribution in [0.1, 0.15) is 20.8 Å². The van der Waals surface area contributed by atoms with Gasteiger partial charge in [0.05, 0.1) is 5.71 Å². The summed E-state index contributed by atoms with van der Waals surface area (Å²) in [5, 5.41) is 4.74. The molecule has 0 heterocycles. The van der Waals surface area contributed by atoms with E-state index < -0.39 is 0 Å². The Labute approximate surface area is 89.9 Å². The Morgan fingerprint density at radius 1 is 1.38 bits per heavy atom. The summed E-state index contributed by atoms with van der Waals surface area (Å²) < 4.78 is 0. The molecule has 13 heavy (non-hydrogen) atoms. The van der Waals surface area contributed by atoms with Crippen LogP contribution in [-0.4, -0.2) is 35.3 Å². The zero-order valence-corrected chi connectivity index (χ0v) is 10.5. The monoisotopic (exact) mass is 221 g/mol. The van der Waals surface area contributed by atoms with Crippen LogP contribution in [0.3, 0.4) is 0 Å². The highest BCUT2D eigenvalue weighted by Crippen LogP contribution is 2.11. The first kappa shape index (κ1) is 13.2. The van der Waals surface area contributed by atoms with Gasteiger partial charge in [-0.1, -0.05) is 19.0 Å². The van der Waals surface area contributed by atoms with Gasteiger partial charge in [0.2, 0.25) is 0 Å². The standard InChI is InChI=1S/C9H19NOS2/c1-5-11-10-9(6-12-4)7-13-8(2)3/h8H,5-7H2,1-4H3/b10-9+. The van der Waals surface area contributed by atoms with Crippen LogP contribution in [0.15, 0.2) is 5.16 Å². The second-order valence-electron chi connectivity index (χ2n) is 2.87. The van der Waals surface area contributed by atoms with Crippen LogP contribution in [0.2, 0.25) is 0 Å². The summed E-state index contributed by atoms with van der Waals surface area (Å²) in [5.41, 5.74) is 1.15. The van der Waals surface area contributed by atoms with Crippen molar-refractivity contribution in [2.24, 2.45) is 5.16 Å². The third-order valence-corrected chi connectivity index (χ3v) is 3.01. The van der Waals surface area contributed by atoms with Crippen molar-refractivity contribution < 1.29 is 4.84 Å². The third-order valence-electron chi connectivity index (χ3n) is 1.22. The summed E-state index contributed by atoms with van der Waals surface area (Å²) >= 11 is 3.69. The van der Waals surface area contributed by atoms with E-state index in [0.717, 1.165) is 17.2 Å². The Kier molecular flexibility index (Phi) is 8.87. The number of nitrogens with zero attached hydrogens (tertiary/aromatic N) is 1. The van der Waals surface area contributed by atoms with E-state index in [9.17, 15) is 0 Å². The van der Waals surface area contributed by atoms with Crippen molar-refractivity contribution >= 4 is 29.2 Å². The van der Waals surface area contributed by atoms with E-state index in [1.165, 1.54) is 0 Å². The normalized spacial score (nSPS) is 12.2. The van der Waals surface area contributed by atoms with Crippen molar-refractivity contribution in [2.45, 2.75) is 26.0 Å². The second kappa shape index (κ2) is 8.75. The second-order valence-corrected chi connectivity index (χ2v) is 5.30. The molecule has 0 fully saturated rings. The van der Waals surface area contributed by atoms with Gasteiger partial charge in [0.25, 0.3) is 0 Å². The van der Waals surface area contributed by atoms with Crippen molar-refractivity contribution in [2.75, 3.05) is 24.4 Å².